The second kappa shape index (κ2) is 43.7. The van der Waals surface area contributed by atoms with Gasteiger partial charge in [-0.2, -0.15) is 15.0 Å². The smallest absolute Gasteiger partial charge is 0.488 e. The number of nitrogens with two attached hydrogens (primary N) is 4. The minimum atomic E-state index is -1.35. The van der Waals surface area contributed by atoms with Gasteiger partial charge in [0.15, 0.2) is 18.2 Å². The van der Waals surface area contributed by atoms with E-state index in [9.17, 15) is 60.1 Å². The zero-order valence-electron chi connectivity index (χ0n) is 68.6. The molecule has 16 rings (SSSR count). The van der Waals surface area contributed by atoms with Crippen LogP contribution < -0.4 is 61.9 Å². The van der Waals surface area contributed by atoms with Crippen molar-refractivity contribution in [3.05, 3.63) is 287 Å². The molecule has 16 N–H and O–H groups in total. The molecule has 652 valence electrons. The molecule has 0 saturated carbocycles. The molecule has 0 aliphatic carbocycles. The van der Waals surface area contributed by atoms with Gasteiger partial charge in [0.05, 0.1) is 39.3 Å². The maximum atomic E-state index is 12.9. The lowest BCUT2D eigenvalue weighted by Gasteiger charge is -2.15. The van der Waals surface area contributed by atoms with E-state index in [0.29, 0.717) is 60.4 Å². The molecule has 44 heteroatoms. The second-order valence-corrected chi connectivity index (χ2v) is 32.4. The lowest BCUT2D eigenvalue weighted by Crippen LogP contribution is -2.34. The molecule has 0 radical (unpaired) electrons. The zero-order chi connectivity index (χ0) is 91.3. The first kappa shape index (κ1) is 94.7. The van der Waals surface area contributed by atoms with Gasteiger partial charge in [-0.3, -0.25) is 45.4 Å². The average molecular weight is 1980 g/mol. The number of rotatable bonds is 17. The number of anilines is 7. The third-order valence-corrected chi connectivity index (χ3v) is 21.7. The highest BCUT2D eigenvalue weighted by Gasteiger charge is 2.29. The van der Waals surface area contributed by atoms with E-state index in [1.165, 1.54) is 88.3 Å². The van der Waals surface area contributed by atoms with Gasteiger partial charge in [-0.15, -0.1) is 0 Å². The first-order chi connectivity index (χ1) is 60.0. The Balaban J connectivity index is 0.000000162. The Morgan fingerprint density at radius 3 is 1.30 bits per heavy atom. The summed E-state index contributed by atoms with van der Waals surface area (Å²) in [6, 6.07) is 51.3. The van der Waals surface area contributed by atoms with Crippen molar-refractivity contribution in [2.24, 2.45) is 0 Å². The fourth-order valence-electron chi connectivity index (χ4n) is 13.8. The third kappa shape index (κ3) is 25.4. The van der Waals surface area contributed by atoms with Crippen LogP contribution >= 0.6 is 63.7 Å². The molecule has 2 fully saturated rings. The molecule has 4 aromatic heterocycles. The average Bonchev–Trinajstić information content (AvgIpc) is 1.17. The summed E-state index contributed by atoms with van der Waals surface area (Å²) in [6.07, 6.45) is 5.25. The Hall–Kier alpha value is -13.5. The SMILES string of the molecule is Brc1ccc(OCCN2CCCC2)cc1.Cc1cccc(C)c1-c1cc([N+](=O)[O-])c2nc(N)[nH][n+](=O)c2c1.Cc1cccc(C)c1-c1cc([N+](=O)[O-])c2nc(Nc3ccc(NCCN4CCCC4)cc3)[nH][n+](=O)c2c1.Cc1cccc(C)c1B(O)O.Nc1ccc(Br)cc1[N+](=O)[O-].Nc1nc2c([N+](=O)[O-])cc(Br)cc2[n+](=O)[nH]1.Nc1nc2ccc(Br)cc2[n+](=O)[nH]1. The van der Waals surface area contributed by atoms with Crippen molar-refractivity contribution in [3.8, 4) is 28.0 Å². The minimum Gasteiger partial charge on any atom is -0.492 e. The number of nitrogens with zero attached hydrogens (tertiary/aromatic N) is 14. The molecular weight excluding hydrogens is 1890 g/mol. The van der Waals surface area contributed by atoms with Crippen molar-refractivity contribution < 1.29 is 52.6 Å². The lowest BCUT2D eigenvalue weighted by molar-refractivity contribution is -0.535. The van der Waals surface area contributed by atoms with Crippen LogP contribution in [-0.4, -0.2) is 139 Å². The van der Waals surface area contributed by atoms with Crippen molar-refractivity contribution in [2.75, 3.05) is 86.0 Å². The highest BCUT2D eigenvalue weighted by atomic mass is 79.9. The minimum absolute atomic E-state index is 0.0106. The summed E-state index contributed by atoms with van der Waals surface area (Å²) in [5.74, 6) is 0.797. The standard InChI is InChI=1S/C27H30N7O3.C15H14N5O3.C12H16BrNO.C8H11BO2.C7H5BrN5O3.C7H6BrN4O.C6H5BrN2O2/c1-18-6-5-7-19(2)25(18)20-16-23-26(24(17-20)34(36)37)30-27(31-33(23)35)29-22-10-8-21(9-11-22)28-12-15-32-13-3-4-14-32;1-8-4-3-5-9(2)13(8)10-6-11-14(12(7-10)20(22)23)17-15(16)18-19(11)21;13-11-3-5-12(6-4-11)15-10-9-14-7-1-2-8-14;1-6-4-3-5-7(2)8(6)9(10)11;8-3-1-4-6(5(2-3)13(15)16)10-7(9)11-12(4)14;8-4-1-2-5-6(3-4)12(13)11-7(9)10-5;7-4-1-2-5(8)6(3-4)9(10)11/h5-11,16-17,28H,3-4,12-15H2,1-2H3,(H2,29,30,31,35);3-7H,1-2H3,(H3,16,17,18,21);3-6H,1-2,7-10H2;3-5,10-11H,1-2H3;1-2H,(H3,9,10,11,14);1-3H,(H3,9,10,11,13);1-3H,8H2/q2*+1;;;2*+1;. The number of benzene rings is 10. The van der Waals surface area contributed by atoms with Gasteiger partial charge in [0.1, 0.15) is 23.6 Å². The van der Waals surface area contributed by atoms with Crippen molar-refractivity contribution in [3.63, 3.8) is 0 Å². The van der Waals surface area contributed by atoms with Crippen LogP contribution in [0.15, 0.2) is 194 Å². The highest BCUT2D eigenvalue weighted by Crippen LogP contribution is 2.37. The fourth-order valence-corrected chi connectivity index (χ4v) is 15.2. The molecule has 6 heterocycles. The molecule has 14 aromatic rings. The number of likely N-dealkylation sites (tertiary alicyclic amines) is 2. The predicted molar refractivity (Wildman–Crippen MR) is 496 cm³/mol. The Morgan fingerprint density at radius 1 is 0.444 bits per heavy atom. The van der Waals surface area contributed by atoms with Gasteiger partial charge >= 0.3 is 46.2 Å². The number of aromatic nitrogens is 12. The Bertz CT molecular complexity index is 6560. The van der Waals surface area contributed by atoms with Gasteiger partial charge in [-0.1, -0.05) is 150 Å². The number of aryl methyl sites for hydroxylation is 6. The number of non-ortho nitro benzene ring substituents is 3. The summed E-state index contributed by atoms with van der Waals surface area (Å²) in [7, 11) is -1.35. The van der Waals surface area contributed by atoms with Crippen LogP contribution in [-0.2, 0) is 0 Å². The molecule has 126 heavy (non-hydrogen) atoms. The van der Waals surface area contributed by atoms with Gasteiger partial charge < -0.3 is 53.3 Å². The molecule has 0 spiro atoms. The maximum absolute atomic E-state index is 12.9. The molecular formula is C82H87BBr4N24O15+4. The first-order valence-corrected chi connectivity index (χ1v) is 41.9. The number of halogens is 4. The molecule has 2 aliphatic heterocycles. The molecule has 10 aromatic carbocycles. The van der Waals surface area contributed by atoms with Crippen molar-refractivity contribution in [2.45, 2.75) is 67.2 Å². The quantitative estimate of drug-likeness (QED) is 0.0132. The van der Waals surface area contributed by atoms with Crippen LogP contribution in [0.4, 0.5) is 63.6 Å². The number of aromatic amines is 4. The Kier molecular flexibility index (Phi) is 32.9. The van der Waals surface area contributed by atoms with Gasteiger partial charge in [0, 0.05) is 97.4 Å². The number of nitro groups is 4. The molecule has 0 amide bonds. The molecule has 0 atom stereocenters. The maximum Gasteiger partial charge on any atom is 0.488 e. The van der Waals surface area contributed by atoms with Gasteiger partial charge in [-0.25, -0.2) is 4.98 Å². The number of hydrogen-bond donors (Lipinski definition) is 12. The molecule has 2 saturated heterocycles. The number of ether oxygens (including phenoxy) is 1. The Labute approximate surface area is 750 Å². The molecule has 39 nitrogen and oxygen atoms in total. The largest absolute Gasteiger partial charge is 0.492 e. The van der Waals surface area contributed by atoms with Gasteiger partial charge in [-0.05, 0) is 216 Å². The van der Waals surface area contributed by atoms with E-state index in [2.05, 4.69) is 124 Å². The van der Waals surface area contributed by atoms with Crippen LogP contribution in [0.2, 0.25) is 0 Å². The number of nitrogen functional groups attached to an aromatic ring is 4. The number of hydrogen-bond acceptors (Lipinski definition) is 27. The topological polar surface area (TPSA) is 563 Å². The Morgan fingerprint density at radius 2 is 0.833 bits per heavy atom. The normalized spacial score (nSPS) is 12.1. The van der Waals surface area contributed by atoms with E-state index in [1.807, 2.05) is 145 Å². The number of H-pyrrole nitrogens is 4. The van der Waals surface area contributed by atoms with Crippen molar-refractivity contribution in [1.82, 2.24) is 50.1 Å². The van der Waals surface area contributed by atoms with E-state index in [1.54, 1.807) is 36.4 Å². The number of nitrogens with one attached hydrogen (secondary N) is 6. The summed E-state index contributed by atoms with van der Waals surface area (Å²) in [4.78, 5) is 111. The van der Waals surface area contributed by atoms with E-state index < -0.39 is 26.8 Å². The van der Waals surface area contributed by atoms with E-state index in [4.69, 9.17) is 37.7 Å². The van der Waals surface area contributed by atoms with Crippen LogP contribution in [0.3, 0.4) is 0 Å². The molecule has 0 bridgehead atoms. The lowest BCUT2D eigenvalue weighted by atomic mass is 9.74. The summed E-state index contributed by atoms with van der Waals surface area (Å²) < 4.78 is 10.5. The van der Waals surface area contributed by atoms with Crippen LogP contribution in [0, 0.1) is 102 Å². The fraction of sp³-hybridized carbons (Fsp3) is 0.220. The van der Waals surface area contributed by atoms with Gasteiger partial charge in [0.2, 0.25) is 16.6 Å². The highest BCUT2D eigenvalue weighted by molar-refractivity contribution is 9.11. The summed E-state index contributed by atoms with van der Waals surface area (Å²) in [5, 5.41) is 78.2. The molecule has 0 unspecified atom stereocenters. The van der Waals surface area contributed by atoms with Crippen molar-refractivity contribution >= 4 is 184 Å². The van der Waals surface area contributed by atoms with Crippen LogP contribution in [0.5, 0.6) is 5.75 Å². The molecule has 2 aliphatic rings. The predicted octanol–water partition coefficient (Wildman–Crippen LogP) is 13.6. The van der Waals surface area contributed by atoms with Crippen LogP contribution in [0.25, 0.3) is 66.4 Å². The zero-order valence-corrected chi connectivity index (χ0v) is 74.9. The monoisotopic (exact) mass is 1970 g/mol. The summed E-state index contributed by atoms with van der Waals surface area (Å²) in [5.41, 5.74) is 32.8. The summed E-state index contributed by atoms with van der Waals surface area (Å²) >= 11 is 12.8. The first-order valence-electron chi connectivity index (χ1n) is 38.7. The van der Waals surface area contributed by atoms with E-state index in [-0.39, 0.29) is 85.3 Å². The van der Waals surface area contributed by atoms with E-state index >= 15 is 0 Å². The van der Waals surface area contributed by atoms with Gasteiger partial charge in [0.25, 0.3) is 29.5 Å². The van der Waals surface area contributed by atoms with Crippen molar-refractivity contribution in [1.29, 1.82) is 0 Å². The van der Waals surface area contributed by atoms with Crippen LogP contribution in [0.1, 0.15) is 59.1 Å². The second-order valence-electron chi connectivity index (χ2n) is 28.7. The number of nitro benzene ring substituents is 4. The number of fused-ring (bicyclic) bond motifs is 4. The van der Waals surface area contributed by atoms with E-state index in [0.717, 1.165) is 91.1 Å². The summed E-state index contributed by atoms with van der Waals surface area (Å²) in [6.45, 7) is 20.0. The third-order valence-electron chi connectivity index (χ3n) is 19.7.